The Morgan fingerprint density at radius 2 is 1.90 bits per heavy atom. The van der Waals surface area contributed by atoms with Gasteiger partial charge in [-0.1, -0.05) is 6.92 Å². The molecule has 3 amide bonds. The molecule has 0 aliphatic carbocycles. The first-order valence-electron chi connectivity index (χ1n) is 6.19. The summed E-state index contributed by atoms with van der Waals surface area (Å²) in [6.45, 7) is 5.52. The average molecular weight is 298 g/mol. The predicted octanol–water partition coefficient (Wildman–Crippen LogP) is 2.60. The van der Waals surface area contributed by atoms with Crippen molar-refractivity contribution in [3.63, 3.8) is 0 Å². The largest absolute Gasteiger partial charge is 0.453 e. The Hall–Kier alpha value is -1.89. The Balaban J connectivity index is 3.02. The molecule has 0 atom stereocenters. The number of rotatable bonds is 4. The highest BCUT2D eigenvalue weighted by molar-refractivity contribution is 7.16. The molecular formula is C13H18N2O4S. The summed E-state index contributed by atoms with van der Waals surface area (Å²) in [4.78, 5) is 35.7. The number of carbonyl (C=O) groups excluding carboxylic acids is 3. The number of carbonyl (C=O) groups is 3. The highest BCUT2D eigenvalue weighted by atomic mass is 32.1. The van der Waals surface area contributed by atoms with E-state index in [1.54, 1.807) is 6.92 Å². The molecule has 0 saturated carbocycles. The third-order valence-electron chi connectivity index (χ3n) is 2.74. The van der Waals surface area contributed by atoms with Crippen LogP contribution >= 0.6 is 11.3 Å². The van der Waals surface area contributed by atoms with Gasteiger partial charge in [0.05, 0.1) is 12.7 Å². The number of amides is 3. The summed E-state index contributed by atoms with van der Waals surface area (Å²) in [6.07, 6.45) is 0.275. The lowest BCUT2D eigenvalue weighted by molar-refractivity contribution is -0.116. The molecule has 0 bridgehead atoms. The summed E-state index contributed by atoms with van der Waals surface area (Å²) in [7, 11) is 1.18. The Morgan fingerprint density at radius 3 is 2.45 bits per heavy atom. The third kappa shape index (κ3) is 3.80. The second kappa shape index (κ2) is 7.04. The first kappa shape index (κ1) is 16.2. The average Bonchev–Trinajstić information content (AvgIpc) is 2.64. The van der Waals surface area contributed by atoms with Crippen LogP contribution in [0.3, 0.4) is 0 Å². The van der Waals surface area contributed by atoms with Crippen LogP contribution in [0.25, 0.3) is 0 Å². The van der Waals surface area contributed by atoms with Crippen LogP contribution in [0.2, 0.25) is 0 Å². The van der Waals surface area contributed by atoms with Gasteiger partial charge in [-0.25, -0.2) is 4.79 Å². The molecule has 1 aromatic heterocycles. The van der Waals surface area contributed by atoms with Crippen molar-refractivity contribution in [2.45, 2.75) is 33.6 Å². The van der Waals surface area contributed by atoms with Gasteiger partial charge >= 0.3 is 6.09 Å². The van der Waals surface area contributed by atoms with E-state index in [-0.39, 0.29) is 5.91 Å². The zero-order valence-electron chi connectivity index (χ0n) is 12.0. The fourth-order valence-corrected chi connectivity index (χ4v) is 2.68. The van der Waals surface area contributed by atoms with Crippen LogP contribution in [0.15, 0.2) is 0 Å². The van der Waals surface area contributed by atoms with Crippen molar-refractivity contribution in [2.75, 3.05) is 12.4 Å². The standard InChI is InChI=1S/C13H18N2O4S/c1-5-6-9(16)14-12-10(7(2)8(3)20-12)11(17)15-13(18)19-4/h5-6H2,1-4H3,(H,14,16)(H,15,17,18). The van der Waals surface area contributed by atoms with Crippen LogP contribution in [0, 0.1) is 13.8 Å². The molecule has 6 nitrogen and oxygen atoms in total. The molecule has 2 N–H and O–H groups in total. The highest BCUT2D eigenvalue weighted by Crippen LogP contribution is 2.32. The van der Waals surface area contributed by atoms with E-state index < -0.39 is 12.0 Å². The number of ether oxygens (including phenoxy) is 1. The highest BCUT2D eigenvalue weighted by Gasteiger charge is 2.22. The van der Waals surface area contributed by atoms with Crippen LogP contribution in [0.1, 0.15) is 40.6 Å². The van der Waals surface area contributed by atoms with Crippen molar-refractivity contribution >= 4 is 34.2 Å². The van der Waals surface area contributed by atoms with E-state index in [1.807, 2.05) is 13.8 Å². The van der Waals surface area contributed by atoms with Crippen molar-refractivity contribution in [3.05, 3.63) is 16.0 Å². The minimum atomic E-state index is -0.830. The normalized spacial score (nSPS) is 10.0. The lowest BCUT2D eigenvalue weighted by atomic mass is 10.1. The fraction of sp³-hybridized carbons (Fsp3) is 0.462. The number of anilines is 1. The van der Waals surface area contributed by atoms with Gasteiger partial charge in [-0.3, -0.25) is 14.9 Å². The molecule has 20 heavy (non-hydrogen) atoms. The lowest BCUT2D eigenvalue weighted by Crippen LogP contribution is -2.31. The van der Waals surface area contributed by atoms with Gasteiger partial charge in [-0.05, 0) is 25.8 Å². The lowest BCUT2D eigenvalue weighted by Gasteiger charge is -2.07. The van der Waals surface area contributed by atoms with Crippen molar-refractivity contribution in [1.29, 1.82) is 0 Å². The molecule has 110 valence electrons. The van der Waals surface area contributed by atoms with E-state index in [4.69, 9.17) is 0 Å². The predicted molar refractivity (Wildman–Crippen MR) is 77.2 cm³/mol. The third-order valence-corrected chi connectivity index (χ3v) is 3.87. The Labute approximate surface area is 121 Å². The van der Waals surface area contributed by atoms with E-state index in [1.165, 1.54) is 18.4 Å². The number of methoxy groups -OCH3 is 1. The van der Waals surface area contributed by atoms with E-state index in [0.29, 0.717) is 17.0 Å². The molecule has 0 spiro atoms. The molecule has 0 saturated heterocycles. The van der Waals surface area contributed by atoms with Gasteiger partial charge in [-0.2, -0.15) is 0 Å². The minimum Gasteiger partial charge on any atom is -0.453 e. The molecule has 0 fully saturated rings. The summed E-state index contributed by atoms with van der Waals surface area (Å²) >= 11 is 1.31. The van der Waals surface area contributed by atoms with Gasteiger partial charge in [0.25, 0.3) is 5.91 Å². The van der Waals surface area contributed by atoms with Crippen molar-refractivity contribution in [3.8, 4) is 0 Å². The minimum absolute atomic E-state index is 0.152. The van der Waals surface area contributed by atoms with Gasteiger partial charge < -0.3 is 10.1 Å². The molecule has 1 heterocycles. The zero-order valence-corrected chi connectivity index (χ0v) is 12.8. The first-order valence-corrected chi connectivity index (χ1v) is 7.01. The van der Waals surface area contributed by atoms with Gasteiger partial charge in [-0.15, -0.1) is 11.3 Å². The summed E-state index contributed by atoms with van der Waals surface area (Å²) in [5.41, 5.74) is 1.05. The number of aryl methyl sites for hydroxylation is 1. The zero-order chi connectivity index (χ0) is 15.3. The van der Waals surface area contributed by atoms with Crippen LogP contribution in [-0.2, 0) is 9.53 Å². The molecular weight excluding hydrogens is 280 g/mol. The van der Waals surface area contributed by atoms with E-state index >= 15 is 0 Å². The maximum atomic E-state index is 12.1. The molecule has 0 aliphatic heterocycles. The topological polar surface area (TPSA) is 84.5 Å². The number of hydrogen-bond donors (Lipinski definition) is 2. The molecule has 1 aromatic rings. The van der Waals surface area contributed by atoms with Crippen LogP contribution in [0.4, 0.5) is 9.80 Å². The first-order chi connectivity index (χ1) is 9.40. The Morgan fingerprint density at radius 1 is 1.25 bits per heavy atom. The van der Waals surface area contributed by atoms with Gasteiger partial charge in [0, 0.05) is 11.3 Å². The maximum Gasteiger partial charge on any atom is 0.413 e. The molecule has 0 unspecified atom stereocenters. The number of nitrogens with one attached hydrogen (secondary N) is 2. The smallest absolute Gasteiger partial charge is 0.413 e. The van der Waals surface area contributed by atoms with Gasteiger partial charge in [0.15, 0.2) is 0 Å². The van der Waals surface area contributed by atoms with Gasteiger partial charge in [0.2, 0.25) is 5.91 Å². The number of imide groups is 1. The maximum absolute atomic E-state index is 12.1. The molecule has 7 heteroatoms. The SMILES string of the molecule is CCCC(=O)Nc1sc(C)c(C)c1C(=O)NC(=O)OC. The van der Waals surface area contributed by atoms with Crippen molar-refractivity contribution < 1.29 is 19.1 Å². The summed E-state index contributed by atoms with van der Waals surface area (Å²) in [6, 6.07) is 0. The van der Waals surface area contributed by atoms with Crippen molar-refractivity contribution in [2.24, 2.45) is 0 Å². The van der Waals surface area contributed by atoms with E-state index in [2.05, 4.69) is 15.4 Å². The van der Waals surface area contributed by atoms with Crippen LogP contribution in [0.5, 0.6) is 0 Å². The van der Waals surface area contributed by atoms with Crippen molar-refractivity contribution in [1.82, 2.24) is 5.32 Å². The fourth-order valence-electron chi connectivity index (χ4n) is 1.61. The second-order valence-electron chi connectivity index (χ2n) is 4.23. The van der Waals surface area contributed by atoms with E-state index in [0.717, 1.165) is 16.9 Å². The van der Waals surface area contributed by atoms with Gasteiger partial charge in [0.1, 0.15) is 5.00 Å². The number of hydrogen-bond acceptors (Lipinski definition) is 5. The molecule has 1 rings (SSSR count). The second-order valence-corrected chi connectivity index (χ2v) is 5.46. The number of alkyl carbamates (subject to hydrolysis) is 1. The van der Waals surface area contributed by atoms with E-state index in [9.17, 15) is 14.4 Å². The summed E-state index contributed by atoms with van der Waals surface area (Å²) in [5.74, 6) is -0.730. The monoisotopic (exact) mass is 298 g/mol. The molecule has 0 radical (unpaired) electrons. The molecule has 0 aliphatic rings. The Bertz CT molecular complexity index is 537. The quantitative estimate of drug-likeness (QED) is 0.894. The van der Waals surface area contributed by atoms with Crippen LogP contribution in [-0.4, -0.2) is 25.0 Å². The van der Waals surface area contributed by atoms with Crippen LogP contribution < -0.4 is 10.6 Å². The summed E-state index contributed by atoms with van der Waals surface area (Å²) in [5, 5.41) is 5.27. The Kier molecular flexibility index (Phi) is 5.69. The molecule has 0 aromatic carbocycles. The number of thiophene rings is 1. The summed E-state index contributed by atoms with van der Waals surface area (Å²) < 4.78 is 4.39.